The highest BCUT2D eigenvalue weighted by molar-refractivity contribution is 5.35. The van der Waals surface area contributed by atoms with Gasteiger partial charge in [0.1, 0.15) is 6.33 Å². The number of hydrogen-bond donors (Lipinski definition) is 0. The number of aromatic nitrogens is 2. The number of hydrogen-bond acceptors (Lipinski definition) is 2. The Hall–Kier alpha value is -1.36. The largest absolute Gasteiger partial charge is 0.245 e. The Morgan fingerprint density at radius 1 is 1.55 bits per heavy atom. The molecule has 0 saturated heterocycles. The lowest BCUT2D eigenvalue weighted by molar-refractivity contribution is 0.857. The van der Waals surface area contributed by atoms with Crippen LogP contribution in [0.2, 0.25) is 0 Å². The summed E-state index contributed by atoms with van der Waals surface area (Å²) < 4.78 is 0. The monoisotopic (exact) mass is 144 g/mol. The molecule has 11 heavy (non-hydrogen) atoms. The lowest BCUT2D eigenvalue weighted by Gasteiger charge is -2.03. The van der Waals surface area contributed by atoms with Crippen LogP contribution in [-0.2, 0) is 5.41 Å². The predicted octanol–water partition coefficient (Wildman–Crippen LogP) is 1.14. The van der Waals surface area contributed by atoms with Crippen molar-refractivity contribution in [3.63, 3.8) is 0 Å². The van der Waals surface area contributed by atoms with Crippen LogP contribution in [0.15, 0.2) is 18.6 Å². The van der Waals surface area contributed by atoms with Crippen LogP contribution < -0.4 is 0 Å². The molecule has 1 fully saturated rings. The second-order valence-electron chi connectivity index (χ2n) is 2.82. The van der Waals surface area contributed by atoms with Crippen molar-refractivity contribution in [2.24, 2.45) is 0 Å². The lowest BCUT2D eigenvalue weighted by atomic mass is 10.0. The summed E-state index contributed by atoms with van der Waals surface area (Å²) in [5, 5.41) is 0. The molecule has 0 N–H and O–H groups in total. The van der Waals surface area contributed by atoms with Crippen molar-refractivity contribution in [1.82, 2.24) is 9.97 Å². The normalized spacial score (nSPS) is 18.8. The van der Waals surface area contributed by atoms with Crippen LogP contribution in [0.1, 0.15) is 18.5 Å². The third kappa shape index (κ3) is 0.894. The minimum absolute atomic E-state index is 0.0388. The molecular formula is C9H8N2. The highest BCUT2D eigenvalue weighted by Crippen LogP contribution is 2.46. The maximum absolute atomic E-state index is 5.39. The molecule has 0 unspecified atom stereocenters. The molecule has 2 rings (SSSR count). The van der Waals surface area contributed by atoms with Crippen LogP contribution in [0.25, 0.3) is 0 Å². The zero-order valence-electron chi connectivity index (χ0n) is 6.12. The summed E-state index contributed by atoms with van der Waals surface area (Å²) in [5.74, 6) is 2.78. The summed E-state index contributed by atoms with van der Waals surface area (Å²) in [6.07, 6.45) is 10.8. The van der Waals surface area contributed by atoms with Crippen LogP contribution in [0.5, 0.6) is 0 Å². The molecule has 1 saturated carbocycles. The standard InChI is InChI=1S/C9H8N2/c1-2-9(4-5-9)8-3-6-10-7-11-8/h1,3,6-7H,4-5H2. The highest BCUT2D eigenvalue weighted by atomic mass is 14.8. The third-order valence-electron chi connectivity index (χ3n) is 2.10. The van der Waals surface area contributed by atoms with Gasteiger partial charge in [-0.25, -0.2) is 9.97 Å². The number of nitrogens with zero attached hydrogens (tertiary/aromatic N) is 2. The van der Waals surface area contributed by atoms with E-state index in [9.17, 15) is 0 Å². The molecule has 0 bridgehead atoms. The van der Waals surface area contributed by atoms with Crippen LogP contribution in [0, 0.1) is 12.3 Å². The maximum Gasteiger partial charge on any atom is 0.115 e. The summed E-state index contributed by atoms with van der Waals surface area (Å²) in [7, 11) is 0. The minimum Gasteiger partial charge on any atom is -0.245 e. The average Bonchev–Trinajstić information content (AvgIpc) is 2.86. The second kappa shape index (κ2) is 2.06. The fourth-order valence-electron chi connectivity index (χ4n) is 1.17. The van der Waals surface area contributed by atoms with Gasteiger partial charge in [-0.1, -0.05) is 5.92 Å². The summed E-state index contributed by atoms with van der Waals surface area (Å²) >= 11 is 0. The Kier molecular flexibility index (Phi) is 1.19. The van der Waals surface area contributed by atoms with E-state index in [0.29, 0.717) is 0 Å². The van der Waals surface area contributed by atoms with Gasteiger partial charge in [0.25, 0.3) is 0 Å². The molecule has 1 heterocycles. The van der Waals surface area contributed by atoms with E-state index in [1.54, 1.807) is 12.5 Å². The second-order valence-corrected chi connectivity index (χ2v) is 2.82. The van der Waals surface area contributed by atoms with Gasteiger partial charge >= 0.3 is 0 Å². The number of rotatable bonds is 1. The van der Waals surface area contributed by atoms with Crippen molar-refractivity contribution < 1.29 is 0 Å². The van der Waals surface area contributed by atoms with Gasteiger partial charge in [-0.15, -0.1) is 6.42 Å². The lowest BCUT2D eigenvalue weighted by Crippen LogP contribution is -2.04. The van der Waals surface area contributed by atoms with Gasteiger partial charge in [-0.3, -0.25) is 0 Å². The zero-order chi connectivity index (χ0) is 7.73. The van der Waals surface area contributed by atoms with E-state index in [0.717, 1.165) is 18.5 Å². The van der Waals surface area contributed by atoms with Gasteiger partial charge in [0, 0.05) is 6.20 Å². The summed E-state index contributed by atoms with van der Waals surface area (Å²) in [6, 6.07) is 1.90. The van der Waals surface area contributed by atoms with Crippen LogP contribution in [0.3, 0.4) is 0 Å². The molecule has 0 amide bonds. The quantitative estimate of drug-likeness (QED) is 0.552. The molecular weight excluding hydrogens is 136 g/mol. The Balaban J connectivity index is 2.39. The first-order valence-corrected chi connectivity index (χ1v) is 3.62. The molecule has 1 aliphatic rings. The third-order valence-corrected chi connectivity index (χ3v) is 2.10. The van der Waals surface area contributed by atoms with Gasteiger partial charge in [-0.05, 0) is 18.9 Å². The van der Waals surface area contributed by atoms with E-state index in [-0.39, 0.29) is 5.41 Å². The van der Waals surface area contributed by atoms with Gasteiger partial charge in [-0.2, -0.15) is 0 Å². The topological polar surface area (TPSA) is 25.8 Å². The average molecular weight is 144 g/mol. The summed E-state index contributed by atoms with van der Waals surface area (Å²) in [6.45, 7) is 0. The van der Waals surface area contributed by atoms with E-state index < -0.39 is 0 Å². The molecule has 0 aliphatic heterocycles. The van der Waals surface area contributed by atoms with Crippen molar-refractivity contribution in [2.75, 3.05) is 0 Å². The molecule has 54 valence electrons. The smallest absolute Gasteiger partial charge is 0.115 e. The molecule has 2 heteroatoms. The van der Waals surface area contributed by atoms with Crippen molar-refractivity contribution in [3.05, 3.63) is 24.3 Å². The van der Waals surface area contributed by atoms with Gasteiger partial charge in [0.05, 0.1) is 11.1 Å². The zero-order valence-corrected chi connectivity index (χ0v) is 6.12. The molecule has 0 aromatic carbocycles. The Morgan fingerprint density at radius 2 is 2.36 bits per heavy atom. The van der Waals surface area contributed by atoms with Crippen molar-refractivity contribution >= 4 is 0 Å². The Bertz CT molecular complexity index is 293. The van der Waals surface area contributed by atoms with Crippen LogP contribution in [0.4, 0.5) is 0 Å². The van der Waals surface area contributed by atoms with Crippen molar-refractivity contribution in [3.8, 4) is 12.3 Å². The van der Waals surface area contributed by atoms with Gasteiger partial charge < -0.3 is 0 Å². The molecule has 1 aromatic heterocycles. The van der Waals surface area contributed by atoms with E-state index in [1.165, 1.54) is 0 Å². The van der Waals surface area contributed by atoms with E-state index in [4.69, 9.17) is 6.42 Å². The summed E-state index contributed by atoms with van der Waals surface area (Å²) in [4.78, 5) is 7.97. The predicted molar refractivity (Wildman–Crippen MR) is 41.8 cm³/mol. The van der Waals surface area contributed by atoms with E-state index in [2.05, 4.69) is 15.9 Å². The molecule has 1 aliphatic carbocycles. The van der Waals surface area contributed by atoms with Crippen molar-refractivity contribution in [1.29, 1.82) is 0 Å². The Morgan fingerprint density at radius 3 is 2.82 bits per heavy atom. The van der Waals surface area contributed by atoms with E-state index >= 15 is 0 Å². The molecule has 0 radical (unpaired) electrons. The SMILES string of the molecule is C#CC1(c2ccncn2)CC1. The molecule has 0 atom stereocenters. The van der Waals surface area contributed by atoms with Crippen LogP contribution in [-0.4, -0.2) is 9.97 Å². The molecule has 2 nitrogen and oxygen atoms in total. The fraction of sp³-hybridized carbons (Fsp3) is 0.333. The van der Waals surface area contributed by atoms with E-state index in [1.807, 2.05) is 6.07 Å². The van der Waals surface area contributed by atoms with Crippen molar-refractivity contribution in [2.45, 2.75) is 18.3 Å². The fourth-order valence-corrected chi connectivity index (χ4v) is 1.17. The Labute approximate surface area is 65.7 Å². The van der Waals surface area contributed by atoms with Gasteiger partial charge in [0.15, 0.2) is 0 Å². The van der Waals surface area contributed by atoms with Gasteiger partial charge in [0.2, 0.25) is 0 Å². The molecule has 1 aromatic rings. The number of terminal acetylenes is 1. The first-order chi connectivity index (χ1) is 5.37. The first-order valence-electron chi connectivity index (χ1n) is 3.62. The highest BCUT2D eigenvalue weighted by Gasteiger charge is 2.43. The molecule has 0 spiro atoms. The first kappa shape index (κ1) is 6.36. The maximum atomic E-state index is 5.39. The van der Waals surface area contributed by atoms with Crippen LogP contribution >= 0.6 is 0 Å². The minimum atomic E-state index is -0.0388. The summed E-state index contributed by atoms with van der Waals surface area (Å²) in [5.41, 5.74) is 0.957.